The standard InChI is InChI=1S/C22H32NO3/c24-21(26-20-13-16-23(17-20)14-7-2-8-15-23)22(25,19-11-5-6-12-19)18-9-3-1-4-10-18/h1,3-4,9-10,19-20,25H,2,5-8,11-17H2/q+1. The lowest BCUT2D eigenvalue weighted by molar-refractivity contribution is -0.922. The maximum Gasteiger partial charge on any atom is 0.343 e. The highest BCUT2D eigenvalue weighted by atomic mass is 16.6. The Morgan fingerprint density at radius 3 is 2.35 bits per heavy atom. The van der Waals surface area contributed by atoms with Crippen LogP contribution in [0.3, 0.4) is 0 Å². The summed E-state index contributed by atoms with van der Waals surface area (Å²) in [5.41, 5.74) is -0.802. The number of nitrogens with zero attached hydrogens (tertiary/aromatic N) is 1. The van der Waals surface area contributed by atoms with Gasteiger partial charge in [0, 0.05) is 12.3 Å². The van der Waals surface area contributed by atoms with E-state index in [-0.39, 0.29) is 12.0 Å². The van der Waals surface area contributed by atoms with Crippen molar-refractivity contribution < 1.29 is 19.1 Å². The molecule has 1 saturated carbocycles. The summed E-state index contributed by atoms with van der Waals surface area (Å²) in [5, 5.41) is 11.5. The van der Waals surface area contributed by atoms with E-state index in [1.807, 2.05) is 30.3 Å². The first-order chi connectivity index (χ1) is 12.6. The van der Waals surface area contributed by atoms with Crippen molar-refractivity contribution in [2.75, 3.05) is 26.2 Å². The number of ether oxygens (including phenoxy) is 1. The Morgan fingerprint density at radius 2 is 1.65 bits per heavy atom. The second kappa shape index (κ2) is 7.32. The first-order valence-corrected chi connectivity index (χ1v) is 10.5. The lowest BCUT2D eigenvalue weighted by Crippen LogP contribution is -2.51. The minimum atomic E-state index is -1.49. The van der Waals surface area contributed by atoms with Crippen LogP contribution in [0.4, 0.5) is 0 Å². The second-order valence-electron chi connectivity index (χ2n) is 8.69. The summed E-state index contributed by atoms with van der Waals surface area (Å²) in [5.74, 6) is -0.449. The van der Waals surface area contributed by atoms with E-state index in [0.29, 0.717) is 5.56 Å². The van der Waals surface area contributed by atoms with Crippen LogP contribution in [-0.2, 0) is 15.1 Å². The number of quaternary nitrogens is 1. The monoisotopic (exact) mass is 358 g/mol. The highest BCUT2D eigenvalue weighted by molar-refractivity contribution is 5.81. The molecule has 2 heterocycles. The minimum Gasteiger partial charge on any atom is -0.454 e. The molecule has 1 aromatic carbocycles. The van der Waals surface area contributed by atoms with Crippen LogP contribution in [-0.4, -0.2) is 47.8 Å². The summed E-state index contributed by atoms with van der Waals surface area (Å²) < 4.78 is 7.08. The Balaban J connectivity index is 1.50. The number of esters is 1. The molecular weight excluding hydrogens is 326 g/mol. The lowest BCUT2D eigenvalue weighted by atomic mass is 9.80. The summed E-state index contributed by atoms with van der Waals surface area (Å²) in [6.45, 7) is 4.49. The number of hydrogen-bond acceptors (Lipinski definition) is 3. The van der Waals surface area contributed by atoms with Crippen molar-refractivity contribution in [3.63, 3.8) is 0 Å². The average Bonchev–Trinajstić information content (AvgIpc) is 3.34. The molecule has 2 saturated heterocycles. The Morgan fingerprint density at radius 1 is 0.962 bits per heavy atom. The van der Waals surface area contributed by atoms with Gasteiger partial charge in [-0.1, -0.05) is 43.2 Å². The molecule has 0 bridgehead atoms. The van der Waals surface area contributed by atoms with Gasteiger partial charge in [-0.25, -0.2) is 4.79 Å². The molecule has 1 spiro atoms. The van der Waals surface area contributed by atoms with Gasteiger partial charge in [-0.15, -0.1) is 0 Å². The van der Waals surface area contributed by atoms with E-state index >= 15 is 0 Å². The summed E-state index contributed by atoms with van der Waals surface area (Å²) in [6.07, 6.45) is 8.75. The zero-order chi connectivity index (χ0) is 18.0. The van der Waals surface area contributed by atoms with Crippen LogP contribution in [0.25, 0.3) is 0 Å². The molecular formula is C22H32NO3+. The first-order valence-electron chi connectivity index (χ1n) is 10.5. The number of aliphatic hydroxyl groups is 1. The van der Waals surface area contributed by atoms with Gasteiger partial charge in [-0.2, -0.15) is 0 Å². The van der Waals surface area contributed by atoms with E-state index in [9.17, 15) is 9.90 Å². The molecule has 2 aliphatic heterocycles. The molecule has 0 amide bonds. The highest BCUT2D eigenvalue weighted by Crippen LogP contribution is 2.42. The van der Waals surface area contributed by atoms with Gasteiger partial charge in [0.05, 0.1) is 19.6 Å². The minimum absolute atomic E-state index is 0.0306. The number of carbonyl (C=O) groups excluding carboxylic acids is 1. The number of piperidine rings is 1. The van der Waals surface area contributed by atoms with E-state index in [1.54, 1.807) is 0 Å². The molecule has 3 aliphatic rings. The van der Waals surface area contributed by atoms with Gasteiger partial charge in [-0.05, 0) is 37.7 Å². The molecule has 4 heteroatoms. The van der Waals surface area contributed by atoms with Crippen molar-refractivity contribution in [3.8, 4) is 0 Å². The van der Waals surface area contributed by atoms with Crippen LogP contribution >= 0.6 is 0 Å². The zero-order valence-electron chi connectivity index (χ0n) is 15.7. The van der Waals surface area contributed by atoms with Gasteiger partial charge in [0.2, 0.25) is 0 Å². The quantitative estimate of drug-likeness (QED) is 0.663. The first kappa shape index (κ1) is 18.0. The third-order valence-electron chi connectivity index (χ3n) is 7.03. The summed E-state index contributed by atoms with van der Waals surface area (Å²) in [4.78, 5) is 13.2. The largest absolute Gasteiger partial charge is 0.454 e. The Hall–Kier alpha value is -1.39. The Bertz CT molecular complexity index is 620. The lowest BCUT2D eigenvalue weighted by Gasteiger charge is -2.38. The fraction of sp³-hybridized carbons (Fsp3) is 0.682. The molecule has 2 atom stereocenters. The van der Waals surface area contributed by atoms with Gasteiger partial charge >= 0.3 is 5.97 Å². The van der Waals surface area contributed by atoms with Crippen LogP contribution in [0, 0.1) is 5.92 Å². The van der Waals surface area contributed by atoms with E-state index in [1.165, 1.54) is 32.4 Å². The van der Waals surface area contributed by atoms with Crippen LogP contribution < -0.4 is 0 Å². The fourth-order valence-corrected chi connectivity index (χ4v) is 5.52. The normalized spacial score (nSPS) is 28.1. The van der Waals surface area contributed by atoms with E-state index < -0.39 is 11.6 Å². The van der Waals surface area contributed by atoms with Gasteiger partial charge in [0.1, 0.15) is 6.54 Å². The molecule has 1 N–H and O–H groups in total. The highest BCUT2D eigenvalue weighted by Gasteiger charge is 2.50. The van der Waals surface area contributed by atoms with Gasteiger partial charge in [0.25, 0.3) is 0 Å². The summed E-state index contributed by atoms with van der Waals surface area (Å²) in [7, 11) is 0. The van der Waals surface area contributed by atoms with Crippen LogP contribution in [0.15, 0.2) is 30.3 Å². The van der Waals surface area contributed by atoms with Gasteiger partial charge < -0.3 is 14.3 Å². The predicted molar refractivity (Wildman–Crippen MR) is 100 cm³/mol. The van der Waals surface area contributed by atoms with Crippen LogP contribution in [0.5, 0.6) is 0 Å². The topological polar surface area (TPSA) is 46.5 Å². The maximum atomic E-state index is 13.2. The van der Waals surface area contributed by atoms with Gasteiger partial charge in [0.15, 0.2) is 11.7 Å². The molecule has 4 rings (SSSR count). The van der Waals surface area contributed by atoms with Crippen molar-refractivity contribution in [1.82, 2.24) is 0 Å². The number of benzene rings is 1. The Labute approximate surface area is 156 Å². The summed E-state index contributed by atoms with van der Waals surface area (Å²) >= 11 is 0. The van der Waals surface area contributed by atoms with Crippen molar-refractivity contribution in [2.24, 2.45) is 5.92 Å². The third kappa shape index (κ3) is 3.29. The van der Waals surface area contributed by atoms with Crippen molar-refractivity contribution in [1.29, 1.82) is 0 Å². The molecule has 2 unspecified atom stereocenters. The van der Waals surface area contributed by atoms with Gasteiger partial charge in [-0.3, -0.25) is 0 Å². The molecule has 0 radical (unpaired) electrons. The molecule has 3 fully saturated rings. The van der Waals surface area contributed by atoms with E-state index in [4.69, 9.17) is 4.74 Å². The van der Waals surface area contributed by atoms with E-state index in [2.05, 4.69) is 0 Å². The molecule has 0 aromatic heterocycles. The van der Waals surface area contributed by atoms with E-state index in [0.717, 1.165) is 49.7 Å². The number of hydrogen-bond donors (Lipinski definition) is 1. The number of rotatable bonds is 4. The maximum absolute atomic E-state index is 13.2. The fourth-order valence-electron chi connectivity index (χ4n) is 5.52. The molecule has 4 nitrogen and oxygen atoms in total. The Kier molecular flexibility index (Phi) is 5.07. The van der Waals surface area contributed by atoms with Crippen LogP contribution in [0.1, 0.15) is 56.9 Å². The van der Waals surface area contributed by atoms with Crippen molar-refractivity contribution in [2.45, 2.75) is 63.1 Å². The molecule has 1 aliphatic carbocycles. The third-order valence-corrected chi connectivity index (χ3v) is 7.03. The average molecular weight is 359 g/mol. The van der Waals surface area contributed by atoms with Crippen molar-refractivity contribution in [3.05, 3.63) is 35.9 Å². The predicted octanol–water partition coefficient (Wildman–Crippen LogP) is 3.38. The summed E-state index contributed by atoms with van der Waals surface area (Å²) in [6, 6.07) is 9.45. The molecule has 1 aromatic rings. The zero-order valence-corrected chi connectivity index (χ0v) is 15.7. The van der Waals surface area contributed by atoms with Crippen LogP contribution in [0.2, 0.25) is 0 Å². The smallest absolute Gasteiger partial charge is 0.343 e. The molecule has 26 heavy (non-hydrogen) atoms. The number of carbonyl (C=O) groups is 1. The molecule has 142 valence electrons. The SMILES string of the molecule is O=C(OC1CC[N+]2(CCCCC2)C1)C(O)(c1ccccc1)C1CCCC1. The van der Waals surface area contributed by atoms with Crippen molar-refractivity contribution >= 4 is 5.97 Å². The second-order valence-corrected chi connectivity index (χ2v) is 8.69.